The Morgan fingerprint density at radius 3 is 2.50 bits per heavy atom. The smallest absolute Gasteiger partial charge is 0.222 e. The lowest BCUT2D eigenvalue weighted by Crippen LogP contribution is -2.41. The molecule has 2 rings (SSSR count). The van der Waals surface area contributed by atoms with E-state index in [-0.39, 0.29) is 5.41 Å². The van der Waals surface area contributed by atoms with E-state index in [1.807, 2.05) is 4.90 Å². The molecule has 0 bridgehead atoms. The molecule has 1 saturated carbocycles. The zero-order valence-corrected chi connectivity index (χ0v) is 8.80. The van der Waals surface area contributed by atoms with E-state index in [9.17, 15) is 4.79 Å². The summed E-state index contributed by atoms with van der Waals surface area (Å²) in [6.45, 7) is 2.62. The van der Waals surface area contributed by atoms with E-state index in [4.69, 9.17) is 5.73 Å². The van der Waals surface area contributed by atoms with Crippen molar-refractivity contribution in [3.63, 3.8) is 0 Å². The number of rotatable bonds is 3. The number of likely N-dealkylation sites (tertiary alicyclic amines) is 1. The van der Waals surface area contributed by atoms with Gasteiger partial charge >= 0.3 is 0 Å². The normalized spacial score (nSPS) is 26.1. The predicted molar refractivity (Wildman–Crippen MR) is 55.8 cm³/mol. The molecule has 0 aromatic carbocycles. The lowest BCUT2D eigenvalue weighted by Gasteiger charge is -2.32. The summed E-state index contributed by atoms with van der Waals surface area (Å²) in [5.74, 6) is 0.338. The van der Waals surface area contributed by atoms with E-state index in [1.54, 1.807) is 0 Å². The highest BCUT2D eigenvalue weighted by Gasteiger charge is 2.36. The maximum Gasteiger partial charge on any atom is 0.222 e. The van der Waals surface area contributed by atoms with Gasteiger partial charge in [-0.25, -0.2) is 0 Å². The molecule has 0 atom stereocenters. The van der Waals surface area contributed by atoms with Gasteiger partial charge in [-0.05, 0) is 25.8 Å². The molecule has 2 aliphatic rings. The van der Waals surface area contributed by atoms with Gasteiger partial charge in [0.1, 0.15) is 0 Å². The van der Waals surface area contributed by atoms with Crippen LogP contribution < -0.4 is 5.73 Å². The zero-order valence-electron chi connectivity index (χ0n) is 8.80. The molecule has 3 nitrogen and oxygen atoms in total. The van der Waals surface area contributed by atoms with Crippen molar-refractivity contribution in [2.45, 2.75) is 38.5 Å². The maximum atomic E-state index is 11.5. The molecule has 0 unspecified atom stereocenters. The van der Waals surface area contributed by atoms with Crippen LogP contribution in [0, 0.1) is 5.41 Å². The third kappa shape index (κ3) is 1.78. The van der Waals surface area contributed by atoms with E-state index in [1.165, 1.54) is 25.7 Å². The van der Waals surface area contributed by atoms with Crippen LogP contribution in [-0.2, 0) is 4.79 Å². The molecule has 1 saturated heterocycles. The molecule has 14 heavy (non-hydrogen) atoms. The lowest BCUT2D eigenvalue weighted by molar-refractivity contribution is -0.129. The molecule has 0 aromatic rings. The van der Waals surface area contributed by atoms with E-state index in [2.05, 4.69) is 0 Å². The van der Waals surface area contributed by atoms with Gasteiger partial charge < -0.3 is 10.6 Å². The van der Waals surface area contributed by atoms with Crippen molar-refractivity contribution in [2.75, 3.05) is 19.6 Å². The Bertz CT molecular complexity index is 221. The third-order valence-corrected chi connectivity index (χ3v) is 3.79. The molecule has 2 N–H and O–H groups in total. The van der Waals surface area contributed by atoms with Crippen molar-refractivity contribution in [2.24, 2.45) is 11.1 Å². The number of nitrogens with zero attached hydrogens (tertiary/aromatic N) is 1. The third-order valence-electron chi connectivity index (χ3n) is 3.79. The van der Waals surface area contributed by atoms with Crippen LogP contribution in [0.1, 0.15) is 38.5 Å². The van der Waals surface area contributed by atoms with Gasteiger partial charge in [0.05, 0.1) is 0 Å². The molecule has 80 valence electrons. The van der Waals surface area contributed by atoms with Crippen molar-refractivity contribution < 1.29 is 4.79 Å². The Kier molecular flexibility index (Phi) is 2.77. The summed E-state index contributed by atoms with van der Waals surface area (Å²) in [6.07, 6.45) is 6.80. The molecule has 1 aliphatic carbocycles. The average Bonchev–Trinajstić information content (AvgIpc) is 2.79. The van der Waals surface area contributed by atoms with E-state index < -0.39 is 0 Å². The Morgan fingerprint density at radius 2 is 2.00 bits per heavy atom. The second-order valence-corrected chi connectivity index (χ2v) is 4.83. The van der Waals surface area contributed by atoms with Crippen LogP contribution in [0.2, 0.25) is 0 Å². The fourth-order valence-corrected chi connectivity index (χ4v) is 2.83. The summed E-state index contributed by atoms with van der Waals surface area (Å²) in [5, 5.41) is 0. The molecule has 0 aromatic heterocycles. The van der Waals surface area contributed by atoms with Gasteiger partial charge in [-0.1, -0.05) is 12.8 Å². The quantitative estimate of drug-likeness (QED) is 0.735. The number of nitrogens with two attached hydrogens (primary N) is 1. The van der Waals surface area contributed by atoms with Crippen molar-refractivity contribution in [1.82, 2.24) is 4.90 Å². The summed E-state index contributed by atoms with van der Waals surface area (Å²) in [5.41, 5.74) is 6.12. The second-order valence-electron chi connectivity index (χ2n) is 4.83. The van der Waals surface area contributed by atoms with Crippen molar-refractivity contribution >= 4 is 5.91 Å². The summed E-state index contributed by atoms with van der Waals surface area (Å²) in [6, 6.07) is 0. The Hall–Kier alpha value is -0.570. The van der Waals surface area contributed by atoms with Crippen LogP contribution in [0.15, 0.2) is 0 Å². The fraction of sp³-hybridized carbons (Fsp3) is 0.909. The Morgan fingerprint density at radius 1 is 1.29 bits per heavy atom. The summed E-state index contributed by atoms with van der Waals surface area (Å²) in [7, 11) is 0. The second kappa shape index (κ2) is 3.89. The van der Waals surface area contributed by atoms with Crippen LogP contribution >= 0.6 is 0 Å². The largest absolute Gasteiger partial charge is 0.342 e. The van der Waals surface area contributed by atoms with Crippen molar-refractivity contribution in [1.29, 1.82) is 0 Å². The number of carbonyl (C=O) groups excluding carboxylic acids is 1. The Balaban J connectivity index is 1.96. The fourth-order valence-electron chi connectivity index (χ4n) is 2.83. The average molecular weight is 196 g/mol. The van der Waals surface area contributed by atoms with Crippen LogP contribution in [-0.4, -0.2) is 30.4 Å². The first-order valence-electron chi connectivity index (χ1n) is 5.74. The summed E-state index contributed by atoms with van der Waals surface area (Å²) in [4.78, 5) is 13.5. The lowest BCUT2D eigenvalue weighted by atomic mass is 9.86. The molecule has 2 fully saturated rings. The summed E-state index contributed by atoms with van der Waals surface area (Å²) >= 11 is 0. The monoisotopic (exact) mass is 196 g/mol. The van der Waals surface area contributed by atoms with Crippen LogP contribution in [0.3, 0.4) is 0 Å². The van der Waals surface area contributed by atoms with Gasteiger partial charge in [0.25, 0.3) is 0 Å². The number of hydrogen-bond donors (Lipinski definition) is 1. The highest BCUT2D eigenvalue weighted by atomic mass is 16.2. The number of hydrogen-bond acceptors (Lipinski definition) is 2. The molecular formula is C11H20N2O. The minimum atomic E-state index is 0.264. The minimum Gasteiger partial charge on any atom is -0.342 e. The first kappa shape index (κ1) is 9.97. The van der Waals surface area contributed by atoms with Gasteiger partial charge in [-0.3, -0.25) is 4.79 Å². The molecule has 3 heteroatoms. The SMILES string of the molecule is NCC1(CN2CCCC2=O)CCCC1. The molecule has 0 spiro atoms. The molecule has 0 radical (unpaired) electrons. The molecule has 1 amide bonds. The number of amides is 1. The van der Waals surface area contributed by atoms with Gasteiger partial charge in [0.2, 0.25) is 5.91 Å². The molecule has 1 heterocycles. The van der Waals surface area contributed by atoms with Gasteiger partial charge in [-0.2, -0.15) is 0 Å². The van der Waals surface area contributed by atoms with E-state index in [0.717, 1.165) is 32.5 Å². The predicted octanol–water partition coefficient (Wildman–Crippen LogP) is 1.13. The van der Waals surface area contributed by atoms with Crippen molar-refractivity contribution in [3.05, 3.63) is 0 Å². The maximum absolute atomic E-state index is 11.5. The Labute approximate surface area is 85.6 Å². The van der Waals surface area contributed by atoms with E-state index in [0.29, 0.717) is 5.91 Å². The first-order valence-corrected chi connectivity index (χ1v) is 5.74. The topological polar surface area (TPSA) is 46.3 Å². The van der Waals surface area contributed by atoms with E-state index >= 15 is 0 Å². The zero-order chi connectivity index (χ0) is 10.0. The number of carbonyl (C=O) groups is 1. The first-order chi connectivity index (χ1) is 6.76. The molecular weight excluding hydrogens is 176 g/mol. The van der Waals surface area contributed by atoms with Crippen LogP contribution in [0.25, 0.3) is 0 Å². The summed E-state index contributed by atoms with van der Waals surface area (Å²) < 4.78 is 0. The van der Waals surface area contributed by atoms with Gasteiger partial charge in [-0.15, -0.1) is 0 Å². The van der Waals surface area contributed by atoms with Crippen LogP contribution in [0.5, 0.6) is 0 Å². The molecule has 1 aliphatic heterocycles. The van der Waals surface area contributed by atoms with Gasteiger partial charge in [0.15, 0.2) is 0 Å². The van der Waals surface area contributed by atoms with Gasteiger partial charge in [0, 0.05) is 24.9 Å². The highest BCUT2D eigenvalue weighted by Crippen LogP contribution is 2.38. The highest BCUT2D eigenvalue weighted by molar-refractivity contribution is 5.78. The van der Waals surface area contributed by atoms with Crippen LogP contribution in [0.4, 0.5) is 0 Å². The minimum absolute atomic E-state index is 0.264. The standard InChI is InChI=1S/C11H20N2O/c12-8-11(5-1-2-6-11)9-13-7-3-4-10(13)14/h1-9,12H2. The van der Waals surface area contributed by atoms with Crippen molar-refractivity contribution in [3.8, 4) is 0 Å².